The molecule has 0 radical (unpaired) electrons. The van der Waals surface area contributed by atoms with Crippen LogP contribution >= 0.6 is 11.3 Å². The Kier molecular flexibility index (Phi) is 8.16. The predicted octanol–water partition coefficient (Wildman–Crippen LogP) is 3.47. The van der Waals surface area contributed by atoms with Gasteiger partial charge in [-0.15, -0.1) is 11.3 Å². The Hall–Kier alpha value is -4.52. The molecule has 4 N–H and O–H groups in total. The number of amides is 3. The second-order valence-corrected chi connectivity index (χ2v) is 9.01. The minimum Gasteiger partial charge on any atom is -0.503 e. The molecule has 0 saturated heterocycles. The number of imidazole rings is 1. The molecule has 4 aromatic rings. The molecule has 0 aliphatic heterocycles. The molecule has 0 atom stereocenters. The number of ether oxygens (including phenoxy) is 1. The van der Waals surface area contributed by atoms with Crippen LogP contribution in [0.2, 0.25) is 0 Å². The van der Waals surface area contributed by atoms with Gasteiger partial charge in [-0.2, -0.15) is 0 Å². The summed E-state index contributed by atoms with van der Waals surface area (Å²) >= 11 is 1.40. The number of fused-ring (bicyclic) bond motifs is 1. The minimum atomic E-state index is -1.11. The molecule has 0 bridgehead atoms. The number of carbonyl (C=O) groups is 3. The number of methoxy groups -OCH3 is 1. The van der Waals surface area contributed by atoms with Crippen molar-refractivity contribution >= 4 is 39.7 Å². The first-order chi connectivity index (χ1) is 18.2. The van der Waals surface area contributed by atoms with Crippen LogP contribution in [-0.4, -0.2) is 45.9 Å². The van der Waals surface area contributed by atoms with E-state index in [1.54, 1.807) is 28.9 Å². The Morgan fingerprint density at radius 2 is 1.87 bits per heavy atom. The van der Waals surface area contributed by atoms with Crippen LogP contribution in [0.1, 0.15) is 39.3 Å². The van der Waals surface area contributed by atoms with Crippen molar-refractivity contribution in [2.24, 2.45) is 0 Å². The van der Waals surface area contributed by atoms with Crippen molar-refractivity contribution in [3.05, 3.63) is 76.6 Å². The van der Waals surface area contributed by atoms with E-state index in [2.05, 4.69) is 20.9 Å². The molecule has 3 amide bonds. The first-order valence-electron chi connectivity index (χ1n) is 11.4. The maximum absolute atomic E-state index is 13.4. The summed E-state index contributed by atoms with van der Waals surface area (Å²) in [6.07, 6.45) is 3.75. The standard InChI is InChI=1S/C25H23F2N5O5S/c1-37-20-5-4-15(30-24(36)19-13-32-7-8-38-25(32)31-19)11-16(20)23(35)28-6-2-3-21(33)29-12-14-9-17(26)22(34)18(27)10-14/h4-5,7-11,13,34H,2-3,6,12H2,1H3,(H,28,35)(H,29,33)(H,30,36). The maximum Gasteiger partial charge on any atom is 0.275 e. The molecular formula is C25H23F2N5O5S. The van der Waals surface area contributed by atoms with Gasteiger partial charge in [-0.1, -0.05) is 0 Å². The largest absolute Gasteiger partial charge is 0.503 e. The summed E-state index contributed by atoms with van der Waals surface area (Å²) in [4.78, 5) is 42.3. The van der Waals surface area contributed by atoms with E-state index in [-0.39, 0.29) is 42.2 Å². The highest BCUT2D eigenvalue weighted by Gasteiger charge is 2.17. The van der Waals surface area contributed by atoms with Gasteiger partial charge in [0, 0.05) is 43.0 Å². The number of phenols is 1. The first kappa shape index (κ1) is 26.5. The van der Waals surface area contributed by atoms with Crippen LogP contribution in [0.5, 0.6) is 11.5 Å². The molecule has 4 rings (SSSR count). The summed E-state index contributed by atoms with van der Waals surface area (Å²) in [6, 6.07) is 6.50. The fourth-order valence-electron chi connectivity index (χ4n) is 3.55. The molecule has 2 aromatic heterocycles. The van der Waals surface area contributed by atoms with Gasteiger partial charge in [0.25, 0.3) is 11.8 Å². The molecule has 0 spiro atoms. The lowest BCUT2D eigenvalue weighted by molar-refractivity contribution is -0.121. The Morgan fingerprint density at radius 3 is 2.58 bits per heavy atom. The van der Waals surface area contributed by atoms with Gasteiger partial charge in [0.05, 0.1) is 12.7 Å². The lowest BCUT2D eigenvalue weighted by Gasteiger charge is -2.12. The summed E-state index contributed by atoms with van der Waals surface area (Å²) in [5, 5.41) is 18.9. The predicted molar refractivity (Wildman–Crippen MR) is 135 cm³/mol. The highest BCUT2D eigenvalue weighted by Crippen LogP contribution is 2.24. The maximum atomic E-state index is 13.4. The number of nitrogens with one attached hydrogen (secondary N) is 3. The van der Waals surface area contributed by atoms with Crippen molar-refractivity contribution in [2.45, 2.75) is 19.4 Å². The Balaban J connectivity index is 1.27. The number of hydrogen-bond acceptors (Lipinski definition) is 7. The third-order valence-corrected chi connectivity index (χ3v) is 6.23. The van der Waals surface area contributed by atoms with Gasteiger partial charge in [-0.3, -0.25) is 18.8 Å². The number of nitrogens with zero attached hydrogens (tertiary/aromatic N) is 2. The zero-order valence-electron chi connectivity index (χ0n) is 20.1. The Bertz CT molecular complexity index is 1450. The van der Waals surface area contributed by atoms with Crippen LogP contribution in [0.25, 0.3) is 4.96 Å². The van der Waals surface area contributed by atoms with Gasteiger partial charge in [-0.25, -0.2) is 13.8 Å². The lowest BCUT2D eigenvalue weighted by atomic mass is 10.1. The molecule has 198 valence electrons. The molecule has 10 nitrogen and oxygen atoms in total. The number of phenolic OH excluding ortho intramolecular Hbond substituents is 1. The number of anilines is 1. The average molecular weight is 544 g/mol. The van der Waals surface area contributed by atoms with Crippen molar-refractivity contribution < 1.29 is 33.0 Å². The molecule has 0 saturated carbocycles. The zero-order chi connectivity index (χ0) is 27.2. The minimum absolute atomic E-state index is 0.0542. The third kappa shape index (κ3) is 6.24. The second kappa shape index (κ2) is 11.7. The first-order valence-corrected chi connectivity index (χ1v) is 12.3. The number of hydrogen-bond donors (Lipinski definition) is 4. The van der Waals surface area contributed by atoms with E-state index >= 15 is 0 Å². The molecule has 2 heterocycles. The number of halogens is 2. The molecule has 13 heteroatoms. The Morgan fingerprint density at radius 1 is 1.11 bits per heavy atom. The summed E-state index contributed by atoms with van der Waals surface area (Å²) in [5.74, 6) is -4.27. The number of aromatic hydroxyl groups is 1. The van der Waals surface area contributed by atoms with E-state index in [9.17, 15) is 23.2 Å². The van der Waals surface area contributed by atoms with E-state index in [0.717, 1.165) is 12.1 Å². The second-order valence-electron chi connectivity index (χ2n) is 8.13. The zero-order valence-corrected chi connectivity index (χ0v) is 20.9. The molecular weight excluding hydrogens is 520 g/mol. The molecule has 0 aliphatic carbocycles. The van der Waals surface area contributed by atoms with Crippen LogP contribution < -0.4 is 20.7 Å². The van der Waals surface area contributed by atoms with Gasteiger partial charge in [0.1, 0.15) is 11.4 Å². The summed E-state index contributed by atoms with van der Waals surface area (Å²) in [6.45, 7) is 0.0476. The van der Waals surface area contributed by atoms with Crippen molar-refractivity contribution in [3.8, 4) is 11.5 Å². The van der Waals surface area contributed by atoms with Crippen molar-refractivity contribution in [2.75, 3.05) is 19.0 Å². The van der Waals surface area contributed by atoms with Crippen LogP contribution in [0.3, 0.4) is 0 Å². The molecule has 0 unspecified atom stereocenters. The summed E-state index contributed by atoms with van der Waals surface area (Å²) in [5.41, 5.74) is 0.958. The van der Waals surface area contributed by atoms with Gasteiger partial charge >= 0.3 is 0 Å². The van der Waals surface area contributed by atoms with Crippen LogP contribution in [0.4, 0.5) is 14.5 Å². The molecule has 38 heavy (non-hydrogen) atoms. The number of benzene rings is 2. The number of carbonyl (C=O) groups excluding carboxylic acids is 3. The number of thiazole rings is 1. The topological polar surface area (TPSA) is 134 Å². The van der Waals surface area contributed by atoms with Crippen LogP contribution in [0, 0.1) is 11.6 Å². The van der Waals surface area contributed by atoms with Crippen LogP contribution in [-0.2, 0) is 11.3 Å². The highest BCUT2D eigenvalue weighted by atomic mass is 32.1. The van der Waals surface area contributed by atoms with Crippen molar-refractivity contribution in [1.82, 2.24) is 20.0 Å². The average Bonchev–Trinajstić information content (AvgIpc) is 3.51. The highest BCUT2D eigenvalue weighted by molar-refractivity contribution is 7.15. The van der Waals surface area contributed by atoms with Crippen LogP contribution in [0.15, 0.2) is 48.1 Å². The SMILES string of the molecule is COc1ccc(NC(=O)c2cn3ccsc3n2)cc1C(=O)NCCCC(=O)NCc1cc(F)c(O)c(F)c1. The monoisotopic (exact) mass is 543 g/mol. The van der Waals surface area contributed by atoms with E-state index in [1.165, 1.54) is 24.5 Å². The fourth-order valence-corrected chi connectivity index (χ4v) is 4.25. The van der Waals surface area contributed by atoms with Gasteiger partial charge in [-0.05, 0) is 42.3 Å². The van der Waals surface area contributed by atoms with Crippen molar-refractivity contribution in [1.29, 1.82) is 0 Å². The summed E-state index contributed by atoms with van der Waals surface area (Å²) in [7, 11) is 1.42. The smallest absolute Gasteiger partial charge is 0.275 e. The molecule has 0 aliphatic rings. The normalized spacial score (nSPS) is 10.8. The van der Waals surface area contributed by atoms with E-state index in [4.69, 9.17) is 9.84 Å². The van der Waals surface area contributed by atoms with Gasteiger partial charge in [0.15, 0.2) is 22.3 Å². The lowest BCUT2D eigenvalue weighted by Crippen LogP contribution is -2.27. The van der Waals surface area contributed by atoms with Crippen molar-refractivity contribution in [3.63, 3.8) is 0 Å². The van der Waals surface area contributed by atoms with Gasteiger partial charge < -0.3 is 25.8 Å². The van der Waals surface area contributed by atoms with E-state index in [1.807, 2.05) is 5.38 Å². The number of rotatable bonds is 10. The van der Waals surface area contributed by atoms with E-state index in [0.29, 0.717) is 22.8 Å². The van der Waals surface area contributed by atoms with E-state index < -0.39 is 29.2 Å². The number of aromatic nitrogens is 2. The molecule has 0 fully saturated rings. The molecule has 2 aromatic carbocycles. The quantitative estimate of drug-likeness (QED) is 0.226. The van der Waals surface area contributed by atoms with Gasteiger partial charge in [0.2, 0.25) is 5.91 Å². The third-order valence-electron chi connectivity index (χ3n) is 5.46. The Labute approximate surface area is 219 Å². The fraction of sp³-hybridized carbons (Fsp3) is 0.200. The summed E-state index contributed by atoms with van der Waals surface area (Å²) < 4.78 is 33.8.